The van der Waals surface area contributed by atoms with Gasteiger partial charge in [-0.25, -0.2) is 0 Å². The summed E-state index contributed by atoms with van der Waals surface area (Å²) < 4.78 is 17.5. The molecule has 0 amide bonds. The van der Waals surface area contributed by atoms with E-state index in [0.717, 1.165) is 30.2 Å². The molecule has 1 unspecified atom stereocenters. The molecule has 0 aromatic heterocycles. The van der Waals surface area contributed by atoms with Crippen LogP contribution in [0.1, 0.15) is 38.8 Å². The average molecular weight is 263 g/mol. The van der Waals surface area contributed by atoms with Crippen LogP contribution >= 0.6 is 0 Å². The van der Waals surface area contributed by atoms with Gasteiger partial charge in [-0.3, -0.25) is 0 Å². The summed E-state index contributed by atoms with van der Waals surface area (Å²) in [6.07, 6.45) is 0.952. The highest BCUT2D eigenvalue weighted by Crippen LogP contribution is 2.49. The predicted molar refractivity (Wildman–Crippen MR) is 73.2 cm³/mol. The van der Waals surface area contributed by atoms with E-state index in [1.54, 1.807) is 0 Å². The third-order valence-electron chi connectivity index (χ3n) is 3.59. The highest BCUT2D eigenvalue weighted by molar-refractivity contribution is 5.58. The minimum Gasteiger partial charge on any atom is -0.486 e. The Hall–Kier alpha value is -1.42. The van der Waals surface area contributed by atoms with Crippen LogP contribution in [0, 0.1) is 0 Å². The summed E-state index contributed by atoms with van der Waals surface area (Å²) in [5.74, 6) is 2.40. The van der Waals surface area contributed by atoms with E-state index < -0.39 is 0 Å². The SMILES string of the molecule is CCNC1CC(C)(C)Oc2c1ccc1c2OCCO1. The lowest BCUT2D eigenvalue weighted by Crippen LogP contribution is -2.39. The molecule has 0 saturated heterocycles. The van der Waals surface area contributed by atoms with Crippen LogP contribution in [0.15, 0.2) is 12.1 Å². The van der Waals surface area contributed by atoms with Crippen molar-refractivity contribution in [1.29, 1.82) is 0 Å². The first-order chi connectivity index (χ1) is 9.11. The Labute approximate surface area is 114 Å². The maximum absolute atomic E-state index is 6.15. The van der Waals surface area contributed by atoms with Crippen molar-refractivity contribution in [3.05, 3.63) is 17.7 Å². The van der Waals surface area contributed by atoms with Gasteiger partial charge in [0.25, 0.3) is 0 Å². The number of rotatable bonds is 2. The van der Waals surface area contributed by atoms with Crippen molar-refractivity contribution in [1.82, 2.24) is 5.32 Å². The van der Waals surface area contributed by atoms with Crippen LogP contribution < -0.4 is 19.5 Å². The lowest BCUT2D eigenvalue weighted by molar-refractivity contribution is 0.0568. The molecule has 1 aromatic rings. The topological polar surface area (TPSA) is 39.7 Å². The summed E-state index contributed by atoms with van der Waals surface area (Å²) in [5.41, 5.74) is 0.973. The summed E-state index contributed by atoms with van der Waals surface area (Å²) in [6, 6.07) is 4.38. The molecule has 4 nitrogen and oxygen atoms in total. The standard InChI is InChI=1S/C15H21NO3/c1-4-16-11-9-15(2,3)19-13-10(11)5-6-12-14(13)18-8-7-17-12/h5-6,11,16H,4,7-9H2,1-3H3. The van der Waals surface area contributed by atoms with Crippen molar-refractivity contribution in [3.8, 4) is 17.2 Å². The second-order valence-corrected chi connectivity index (χ2v) is 5.68. The average Bonchev–Trinajstić information content (AvgIpc) is 2.38. The Morgan fingerprint density at radius 3 is 2.79 bits per heavy atom. The summed E-state index contributed by atoms with van der Waals surface area (Å²) >= 11 is 0. The molecular formula is C15H21NO3. The Kier molecular flexibility index (Phi) is 3.05. The molecule has 0 fully saturated rings. The van der Waals surface area contributed by atoms with Gasteiger partial charge in [-0.2, -0.15) is 0 Å². The molecule has 2 aliphatic rings. The first kappa shape index (κ1) is 12.6. The zero-order chi connectivity index (χ0) is 13.5. The van der Waals surface area contributed by atoms with Crippen molar-refractivity contribution in [3.63, 3.8) is 0 Å². The quantitative estimate of drug-likeness (QED) is 0.890. The normalized spacial score (nSPS) is 23.4. The van der Waals surface area contributed by atoms with E-state index in [-0.39, 0.29) is 5.60 Å². The van der Waals surface area contributed by atoms with Crippen LogP contribution in [0.25, 0.3) is 0 Å². The van der Waals surface area contributed by atoms with Gasteiger partial charge in [0.1, 0.15) is 18.8 Å². The van der Waals surface area contributed by atoms with Gasteiger partial charge in [0, 0.05) is 18.0 Å². The number of fused-ring (bicyclic) bond motifs is 3. The molecule has 1 N–H and O–H groups in total. The molecule has 0 radical (unpaired) electrons. The van der Waals surface area contributed by atoms with Gasteiger partial charge < -0.3 is 19.5 Å². The van der Waals surface area contributed by atoms with Crippen LogP contribution in [0.2, 0.25) is 0 Å². The zero-order valence-corrected chi connectivity index (χ0v) is 11.8. The van der Waals surface area contributed by atoms with E-state index in [1.165, 1.54) is 5.56 Å². The van der Waals surface area contributed by atoms with Crippen molar-refractivity contribution >= 4 is 0 Å². The second kappa shape index (κ2) is 4.60. The maximum Gasteiger partial charge on any atom is 0.204 e. The third-order valence-corrected chi connectivity index (χ3v) is 3.59. The fourth-order valence-electron chi connectivity index (χ4n) is 2.83. The number of hydrogen-bond acceptors (Lipinski definition) is 4. The molecule has 0 aliphatic carbocycles. The molecule has 1 atom stereocenters. The molecule has 2 aliphatic heterocycles. The van der Waals surface area contributed by atoms with Crippen molar-refractivity contribution in [2.24, 2.45) is 0 Å². The van der Waals surface area contributed by atoms with Crippen molar-refractivity contribution in [2.75, 3.05) is 19.8 Å². The number of hydrogen-bond donors (Lipinski definition) is 1. The monoisotopic (exact) mass is 263 g/mol. The van der Waals surface area contributed by atoms with Gasteiger partial charge in [0.05, 0.1) is 0 Å². The molecule has 2 heterocycles. The Morgan fingerprint density at radius 2 is 2.00 bits per heavy atom. The van der Waals surface area contributed by atoms with Crippen LogP contribution in [-0.4, -0.2) is 25.4 Å². The molecular weight excluding hydrogens is 242 g/mol. The maximum atomic E-state index is 6.15. The van der Waals surface area contributed by atoms with E-state index in [2.05, 4.69) is 32.2 Å². The summed E-state index contributed by atoms with van der Waals surface area (Å²) in [5, 5.41) is 3.53. The van der Waals surface area contributed by atoms with Crippen LogP contribution in [0.5, 0.6) is 17.2 Å². The second-order valence-electron chi connectivity index (χ2n) is 5.68. The Balaban J connectivity index is 2.07. The van der Waals surface area contributed by atoms with Crippen LogP contribution in [0.4, 0.5) is 0 Å². The van der Waals surface area contributed by atoms with Crippen LogP contribution in [0.3, 0.4) is 0 Å². The van der Waals surface area contributed by atoms with E-state index in [4.69, 9.17) is 14.2 Å². The molecule has 0 spiro atoms. The first-order valence-corrected chi connectivity index (χ1v) is 6.95. The van der Waals surface area contributed by atoms with E-state index in [0.29, 0.717) is 19.3 Å². The van der Waals surface area contributed by atoms with Gasteiger partial charge >= 0.3 is 0 Å². The molecule has 0 saturated carbocycles. The Bertz CT molecular complexity index is 485. The van der Waals surface area contributed by atoms with Crippen LogP contribution in [-0.2, 0) is 0 Å². The third kappa shape index (κ3) is 2.25. The molecule has 19 heavy (non-hydrogen) atoms. The summed E-state index contributed by atoms with van der Waals surface area (Å²) in [7, 11) is 0. The van der Waals surface area contributed by atoms with Gasteiger partial charge in [0.15, 0.2) is 11.5 Å². The zero-order valence-electron chi connectivity index (χ0n) is 11.8. The molecule has 104 valence electrons. The first-order valence-electron chi connectivity index (χ1n) is 6.95. The summed E-state index contributed by atoms with van der Waals surface area (Å²) in [4.78, 5) is 0. The number of ether oxygens (including phenoxy) is 3. The summed E-state index contributed by atoms with van der Waals surface area (Å²) in [6.45, 7) is 8.48. The lowest BCUT2D eigenvalue weighted by Gasteiger charge is -2.39. The van der Waals surface area contributed by atoms with E-state index in [9.17, 15) is 0 Å². The largest absolute Gasteiger partial charge is 0.486 e. The smallest absolute Gasteiger partial charge is 0.204 e. The number of benzene rings is 1. The van der Waals surface area contributed by atoms with Gasteiger partial charge in [-0.05, 0) is 32.5 Å². The molecule has 3 rings (SSSR count). The fraction of sp³-hybridized carbons (Fsp3) is 0.600. The van der Waals surface area contributed by atoms with E-state index in [1.807, 2.05) is 6.07 Å². The molecule has 4 heteroatoms. The van der Waals surface area contributed by atoms with Crippen molar-refractivity contribution < 1.29 is 14.2 Å². The van der Waals surface area contributed by atoms with Gasteiger partial charge in [0.2, 0.25) is 5.75 Å². The number of nitrogens with one attached hydrogen (secondary N) is 1. The fourth-order valence-corrected chi connectivity index (χ4v) is 2.83. The van der Waals surface area contributed by atoms with E-state index >= 15 is 0 Å². The molecule has 1 aromatic carbocycles. The minimum absolute atomic E-state index is 0.199. The lowest BCUT2D eigenvalue weighted by atomic mass is 9.89. The predicted octanol–water partition coefficient (Wildman–Crippen LogP) is 2.67. The molecule has 0 bridgehead atoms. The highest BCUT2D eigenvalue weighted by atomic mass is 16.6. The van der Waals surface area contributed by atoms with Gasteiger partial charge in [-0.1, -0.05) is 6.92 Å². The Morgan fingerprint density at radius 1 is 1.21 bits per heavy atom. The van der Waals surface area contributed by atoms with Crippen molar-refractivity contribution in [2.45, 2.75) is 38.8 Å². The minimum atomic E-state index is -0.199. The highest BCUT2D eigenvalue weighted by Gasteiger charge is 2.36. The van der Waals surface area contributed by atoms with Gasteiger partial charge in [-0.15, -0.1) is 0 Å².